The zero-order valence-electron chi connectivity index (χ0n) is 18.8. The number of carbonyl (C=O) groups is 1. The summed E-state index contributed by atoms with van der Waals surface area (Å²) in [5.41, 5.74) is 5.18. The monoisotopic (exact) mass is 392 g/mol. The molecule has 0 heterocycles. The normalized spacial score (nSPS) is 24.6. The van der Waals surface area contributed by atoms with E-state index >= 15 is 0 Å². The molecule has 1 aromatic rings. The van der Waals surface area contributed by atoms with E-state index in [0.29, 0.717) is 17.4 Å². The molecule has 0 radical (unpaired) electrons. The average Bonchev–Trinajstić information content (AvgIpc) is 3.05. The number of unbranched alkanes of at least 4 members (excludes halogenated alkanes) is 2. The van der Waals surface area contributed by atoms with Crippen LogP contribution in [0.1, 0.15) is 95.5 Å². The molecule has 2 aliphatic carbocycles. The summed E-state index contributed by atoms with van der Waals surface area (Å²) in [5.74, 6) is 7.04. The Morgan fingerprint density at radius 2 is 1.72 bits per heavy atom. The second-order valence-corrected chi connectivity index (χ2v) is 10.2. The zero-order chi connectivity index (χ0) is 21.2. The number of allylic oxidation sites excluding steroid dienone is 2. The molecule has 0 aromatic heterocycles. The molecule has 2 atom stereocenters. The summed E-state index contributed by atoms with van der Waals surface area (Å²) in [7, 11) is 0. The van der Waals surface area contributed by atoms with Crippen molar-refractivity contribution < 1.29 is 9.90 Å². The van der Waals surface area contributed by atoms with Crippen LogP contribution in [0.3, 0.4) is 0 Å². The minimum Gasteiger partial charge on any atom is -0.478 e. The van der Waals surface area contributed by atoms with Gasteiger partial charge < -0.3 is 5.11 Å². The van der Waals surface area contributed by atoms with Crippen LogP contribution in [0.5, 0.6) is 0 Å². The van der Waals surface area contributed by atoms with E-state index < -0.39 is 5.97 Å². The summed E-state index contributed by atoms with van der Waals surface area (Å²) < 4.78 is 0. The van der Waals surface area contributed by atoms with Gasteiger partial charge in [-0.2, -0.15) is 0 Å². The van der Waals surface area contributed by atoms with Crippen LogP contribution in [-0.2, 0) is 0 Å². The lowest BCUT2D eigenvalue weighted by atomic mass is 9.62. The highest BCUT2D eigenvalue weighted by atomic mass is 16.4. The Bertz CT molecular complexity index is 843. The van der Waals surface area contributed by atoms with Gasteiger partial charge in [0.2, 0.25) is 0 Å². The van der Waals surface area contributed by atoms with Crippen LogP contribution in [0.15, 0.2) is 35.4 Å². The number of carboxylic acids is 1. The summed E-state index contributed by atoms with van der Waals surface area (Å²) in [6.45, 7) is 12.0. The highest BCUT2D eigenvalue weighted by Gasteiger charge is 2.47. The smallest absolute Gasteiger partial charge is 0.335 e. The van der Waals surface area contributed by atoms with Crippen molar-refractivity contribution in [3.05, 3.63) is 46.5 Å². The van der Waals surface area contributed by atoms with Gasteiger partial charge in [0.1, 0.15) is 0 Å². The summed E-state index contributed by atoms with van der Waals surface area (Å²) in [5, 5.41) is 9.09. The van der Waals surface area contributed by atoms with Crippen LogP contribution in [0.2, 0.25) is 0 Å². The van der Waals surface area contributed by atoms with Crippen molar-refractivity contribution in [3.63, 3.8) is 0 Å². The fourth-order valence-electron chi connectivity index (χ4n) is 5.34. The molecule has 1 aromatic carbocycles. The Morgan fingerprint density at radius 3 is 2.34 bits per heavy atom. The second-order valence-electron chi connectivity index (χ2n) is 10.2. The maximum absolute atomic E-state index is 11.1. The minimum atomic E-state index is -0.891. The SMILES string of the molecule is CCCCCC1C2=C(CC1C#Cc1ccc(C(=O)O)cc1)C(C)(C)CCC2(C)C. The molecule has 0 fully saturated rings. The van der Waals surface area contributed by atoms with Gasteiger partial charge in [-0.3, -0.25) is 0 Å². The van der Waals surface area contributed by atoms with Crippen molar-refractivity contribution in [1.29, 1.82) is 0 Å². The molecule has 2 nitrogen and oxygen atoms in total. The van der Waals surface area contributed by atoms with Gasteiger partial charge in [0.25, 0.3) is 0 Å². The Morgan fingerprint density at radius 1 is 1.07 bits per heavy atom. The van der Waals surface area contributed by atoms with Gasteiger partial charge in [-0.05, 0) is 66.7 Å². The largest absolute Gasteiger partial charge is 0.478 e. The Hall–Kier alpha value is -2.01. The van der Waals surface area contributed by atoms with Crippen LogP contribution in [0, 0.1) is 34.5 Å². The van der Waals surface area contributed by atoms with Crippen molar-refractivity contribution in [3.8, 4) is 11.8 Å². The summed E-state index contributed by atoms with van der Waals surface area (Å²) in [6.07, 6.45) is 8.68. The highest BCUT2D eigenvalue weighted by Crippen LogP contribution is 2.59. The molecule has 29 heavy (non-hydrogen) atoms. The second kappa shape index (κ2) is 8.39. The quantitative estimate of drug-likeness (QED) is 0.330. The van der Waals surface area contributed by atoms with Crippen molar-refractivity contribution >= 4 is 5.97 Å². The van der Waals surface area contributed by atoms with Crippen LogP contribution in [-0.4, -0.2) is 11.1 Å². The van der Waals surface area contributed by atoms with E-state index in [4.69, 9.17) is 5.11 Å². The first-order chi connectivity index (χ1) is 13.7. The first-order valence-corrected chi connectivity index (χ1v) is 11.2. The van der Waals surface area contributed by atoms with Gasteiger partial charge >= 0.3 is 5.97 Å². The van der Waals surface area contributed by atoms with Gasteiger partial charge in [-0.15, -0.1) is 0 Å². The molecular formula is C27H36O2. The first-order valence-electron chi connectivity index (χ1n) is 11.2. The number of benzene rings is 1. The molecule has 0 spiro atoms. The van der Waals surface area contributed by atoms with Gasteiger partial charge in [0.15, 0.2) is 0 Å². The topological polar surface area (TPSA) is 37.3 Å². The van der Waals surface area contributed by atoms with Crippen LogP contribution < -0.4 is 0 Å². The maximum Gasteiger partial charge on any atom is 0.335 e. The molecule has 0 amide bonds. The number of carboxylic acid groups (broad SMARTS) is 1. The molecule has 2 aliphatic rings. The van der Waals surface area contributed by atoms with E-state index in [2.05, 4.69) is 46.5 Å². The van der Waals surface area contributed by atoms with Gasteiger partial charge in [-0.1, -0.05) is 76.9 Å². The van der Waals surface area contributed by atoms with Gasteiger partial charge in [0, 0.05) is 11.5 Å². The highest BCUT2D eigenvalue weighted by molar-refractivity contribution is 5.87. The number of rotatable bonds is 5. The standard InChI is InChI=1S/C27H36O2/c1-6-7-8-9-22-21(15-12-19-10-13-20(14-11-19)25(28)29)18-23-24(22)27(4,5)17-16-26(23,2)3/h10-11,13-14,21-22H,6-9,16-18H2,1-5H3,(H,28,29). The van der Waals surface area contributed by atoms with Crippen LogP contribution in [0.4, 0.5) is 0 Å². The lowest BCUT2D eigenvalue weighted by molar-refractivity contribution is 0.0697. The fraction of sp³-hybridized carbons (Fsp3) is 0.593. The van der Waals surface area contributed by atoms with Crippen molar-refractivity contribution in [2.45, 2.75) is 79.6 Å². The molecule has 0 aliphatic heterocycles. The molecule has 0 saturated carbocycles. The molecule has 156 valence electrons. The first kappa shape index (κ1) is 21.7. The van der Waals surface area contributed by atoms with E-state index in [1.807, 2.05) is 12.1 Å². The Balaban J connectivity index is 1.90. The van der Waals surface area contributed by atoms with Crippen molar-refractivity contribution in [1.82, 2.24) is 0 Å². The van der Waals surface area contributed by atoms with E-state index in [0.717, 1.165) is 12.0 Å². The van der Waals surface area contributed by atoms with Crippen molar-refractivity contribution in [2.24, 2.45) is 22.7 Å². The van der Waals surface area contributed by atoms with E-state index in [-0.39, 0.29) is 10.8 Å². The van der Waals surface area contributed by atoms with E-state index in [9.17, 15) is 4.79 Å². The summed E-state index contributed by atoms with van der Waals surface area (Å²) in [4.78, 5) is 11.1. The van der Waals surface area contributed by atoms with Crippen LogP contribution >= 0.6 is 0 Å². The Labute approximate surface area is 176 Å². The molecule has 2 unspecified atom stereocenters. The predicted octanol–water partition coefficient (Wildman–Crippen LogP) is 7.10. The summed E-state index contributed by atoms with van der Waals surface area (Å²) >= 11 is 0. The Kier molecular flexibility index (Phi) is 6.27. The minimum absolute atomic E-state index is 0.279. The number of hydrogen-bond acceptors (Lipinski definition) is 1. The van der Waals surface area contributed by atoms with E-state index in [1.54, 1.807) is 23.3 Å². The molecule has 3 rings (SSSR count). The third kappa shape index (κ3) is 4.61. The maximum atomic E-state index is 11.1. The zero-order valence-corrected chi connectivity index (χ0v) is 18.8. The van der Waals surface area contributed by atoms with Gasteiger partial charge in [-0.25, -0.2) is 4.79 Å². The van der Waals surface area contributed by atoms with E-state index in [1.165, 1.54) is 38.5 Å². The number of aromatic carboxylic acids is 1. The van der Waals surface area contributed by atoms with Crippen molar-refractivity contribution in [2.75, 3.05) is 0 Å². The molecule has 1 N–H and O–H groups in total. The molecule has 2 heteroatoms. The number of hydrogen-bond donors (Lipinski definition) is 1. The third-order valence-electron chi connectivity index (χ3n) is 7.18. The lowest BCUT2D eigenvalue weighted by Crippen LogP contribution is -2.31. The fourth-order valence-corrected chi connectivity index (χ4v) is 5.34. The predicted molar refractivity (Wildman–Crippen MR) is 120 cm³/mol. The third-order valence-corrected chi connectivity index (χ3v) is 7.18. The molecular weight excluding hydrogens is 356 g/mol. The van der Waals surface area contributed by atoms with Gasteiger partial charge in [0.05, 0.1) is 5.56 Å². The molecule has 0 saturated heterocycles. The van der Waals surface area contributed by atoms with Crippen LogP contribution in [0.25, 0.3) is 0 Å². The summed E-state index contributed by atoms with van der Waals surface area (Å²) in [6, 6.07) is 6.96. The average molecular weight is 393 g/mol. The lowest BCUT2D eigenvalue weighted by Gasteiger charge is -2.43. The molecule has 0 bridgehead atoms.